The molecule has 1 nitrogen and oxygen atoms in total. The van der Waals surface area contributed by atoms with E-state index in [1.807, 2.05) is 6.08 Å². The van der Waals surface area contributed by atoms with Crippen molar-refractivity contribution in [3.8, 4) is 0 Å². The maximum absolute atomic E-state index is 9.99. The van der Waals surface area contributed by atoms with Crippen LogP contribution in [0.1, 0.15) is 64.7 Å². The zero-order valence-electron chi connectivity index (χ0n) is 10.7. The third-order valence-electron chi connectivity index (χ3n) is 2.60. The number of aldehydes is 1. The number of allylic oxidation sites excluding steroid dienone is 4. The summed E-state index contributed by atoms with van der Waals surface area (Å²) in [5.74, 6) is 0. The van der Waals surface area contributed by atoms with Gasteiger partial charge in [0.1, 0.15) is 6.29 Å². The summed E-state index contributed by atoms with van der Waals surface area (Å²) in [7, 11) is 0. The summed E-state index contributed by atoms with van der Waals surface area (Å²) in [5, 5.41) is 0. The van der Waals surface area contributed by atoms with Crippen LogP contribution in [-0.4, -0.2) is 6.29 Å². The Balaban J connectivity index is 3.09. The molecule has 1 heteroatoms. The topological polar surface area (TPSA) is 17.1 Å². The molecule has 0 bridgehead atoms. The molecule has 0 N–H and O–H groups in total. The molecule has 0 heterocycles. The van der Waals surface area contributed by atoms with Crippen LogP contribution in [0.3, 0.4) is 0 Å². The third-order valence-corrected chi connectivity index (χ3v) is 2.60. The molecule has 0 aliphatic heterocycles. The van der Waals surface area contributed by atoms with Gasteiger partial charge in [-0.15, -0.1) is 0 Å². The summed E-state index contributed by atoms with van der Waals surface area (Å²) in [6.07, 6.45) is 20.3. The molecule has 0 aliphatic rings. The van der Waals surface area contributed by atoms with Gasteiger partial charge in [0.25, 0.3) is 0 Å². The smallest absolute Gasteiger partial charge is 0.142 e. The Labute approximate surface area is 101 Å². The first kappa shape index (κ1) is 15.2. The van der Waals surface area contributed by atoms with Crippen molar-refractivity contribution in [1.82, 2.24) is 0 Å². The number of unbranched alkanes of at least 4 members (excludes halogenated alkanes) is 7. The van der Waals surface area contributed by atoms with E-state index in [0.29, 0.717) is 0 Å². The van der Waals surface area contributed by atoms with Crippen molar-refractivity contribution in [3.05, 3.63) is 24.3 Å². The fraction of sp³-hybridized carbons (Fsp3) is 0.667. The van der Waals surface area contributed by atoms with Gasteiger partial charge in [-0.1, -0.05) is 50.8 Å². The number of hydrogen-bond donors (Lipinski definition) is 0. The summed E-state index contributed by atoms with van der Waals surface area (Å²) in [6, 6.07) is 0. The summed E-state index contributed by atoms with van der Waals surface area (Å²) in [6.45, 7) is 2.25. The fourth-order valence-electron chi connectivity index (χ4n) is 1.61. The molecule has 0 amide bonds. The lowest BCUT2D eigenvalue weighted by atomic mass is 10.1. The second-order valence-corrected chi connectivity index (χ2v) is 4.17. The number of carbonyl (C=O) groups is 1. The Hall–Kier alpha value is -0.850. The average molecular weight is 222 g/mol. The first-order valence-corrected chi connectivity index (χ1v) is 6.67. The largest absolute Gasteiger partial charge is 0.299 e. The highest BCUT2D eigenvalue weighted by Crippen LogP contribution is 2.06. The maximum Gasteiger partial charge on any atom is 0.142 e. The lowest BCUT2D eigenvalue weighted by Crippen LogP contribution is -1.76. The molecule has 0 fully saturated rings. The van der Waals surface area contributed by atoms with Crippen molar-refractivity contribution in [2.75, 3.05) is 0 Å². The van der Waals surface area contributed by atoms with E-state index in [9.17, 15) is 4.79 Å². The predicted molar refractivity (Wildman–Crippen MR) is 71.6 cm³/mol. The summed E-state index contributed by atoms with van der Waals surface area (Å²) in [5.41, 5.74) is 0. The molecule has 0 aliphatic carbocycles. The highest BCUT2D eigenvalue weighted by molar-refractivity contribution is 5.64. The maximum atomic E-state index is 9.99. The molecule has 0 aromatic carbocycles. The van der Waals surface area contributed by atoms with E-state index in [2.05, 4.69) is 19.1 Å². The molecule has 0 saturated carbocycles. The van der Waals surface area contributed by atoms with E-state index in [1.54, 1.807) is 6.08 Å². The van der Waals surface area contributed by atoms with Gasteiger partial charge in [-0.3, -0.25) is 4.79 Å². The molecule has 92 valence electrons. The molecular weight excluding hydrogens is 196 g/mol. The van der Waals surface area contributed by atoms with Crippen molar-refractivity contribution in [1.29, 1.82) is 0 Å². The van der Waals surface area contributed by atoms with Crippen LogP contribution < -0.4 is 0 Å². The van der Waals surface area contributed by atoms with E-state index in [1.165, 1.54) is 38.5 Å². The summed E-state index contributed by atoms with van der Waals surface area (Å²) >= 11 is 0. The molecule has 0 spiro atoms. The lowest BCUT2D eigenvalue weighted by molar-refractivity contribution is -0.104. The SMILES string of the molecule is CCCCCCC/C=C/CCC/C=C/C=O. The Bertz CT molecular complexity index is 192. The van der Waals surface area contributed by atoms with Gasteiger partial charge in [-0.25, -0.2) is 0 Å². The second kappa shape index (κ2) is 14.2. The van der Waals surface area contributed by atoms with Gasteiger partial charge >= 0.3 is 0 Å². The van der Waals surface area contributed by atoms with E-state index in [4.69, 9.17) is 0 Å². The third kappa shape index (κ3) is 13.2. The minimum Gasteiger partial charge on any atom is -0.299 e. The van der Waals surface area contributed by atoms with E-state index in [0.717, 1.165) is 25.5 Å². The first-order valence-electron chi connectivity index (χ1n) is 6.67. The normalized spacial score (nSPS) is 11.6. The van der Waals surface area contributed by atoms with Crippen molar-refractivity contribution in [2.45, 2.75) is 64.7 Å². The quantitative estimate of drug-likeness (QED) is 0.212. The minimum atomic E-state index is 0.839. The summed E-state index contributed by atoms with van der Waals surface area (Å²) < 4.78 is 0. The first-order chi connectivity index (χ1) is 7.91. The number of rotatable bonds is 11. The van der Waals surface area contributed by atoms with Gasteiger partial charge in [-0.2, -0.15) is 0 Å². The van der Waals surface area contributed by atoms with Crippen LogP contribution in [0.4, 0.5) is 0 Å². The summed E-state index contributed by atoms with van der Waals surface area (Å²) in [4.78, 5) is 9.99. The van der Waals surface area contributed by atoms with Crippen molar-refractivity contribution in [2.24, 2.45) is 0 Å². The van der Waals surface area contributed by atoms with Crippen LogP contribution in [-0.2, 0) is 4.79 Å². The van der Waals surface area contributed by atoms with Crippen LogP contribution in [0.15, 0.2) is 24.3 Å². The van der Waals surface area contributed by atoms with Crippen LogP contribution in [0, 0.1) is 0 Å². The van der Waals surface area contributed by atoms with Gasteiger partial charge in [0.05, 0.1) is 0 Å². The predicted octanol–water partition coefficient (Wildman–Crippen LogP) is 4.83. The molecule has 0 atom stereocenters. The minimum absolute atomic E-state index is 0.839. The number of hydrogen-bond acceptors (Lipinski definition) is 1. The standard InChI is InChI=1S/C15H26O/c1-2-3-4-5-6-7-8-9-10-11-12-13-14-15-16/h8-9,13-15H,2-7,10-12H2,1H3/b9-8+,14-13+. The molecule has 0 saturated heterocycles. The van der Waals surface area contributed by atoms with Crippen LogP contribution in [0.5, 0.6) is 0 Å². The van der Waals surface area contributed by atoms with Crippen LogP contribution in [0.2, 0.25) is 0 Å². The number of carbonyl (C=O) groups excluding carboxylic acids is 1. The molecule has 0 aromatic rings. The van der Waals surface area contributed by atoms with E-state index >= 15 is 0 Å². The van der Waals surface area contributed by atoms with Gasteiger partial charge < -0.3 is 0 Å². The second-order valence-electron chi connectivity index (χ2n) is 4.17. The molecule has 0 rings (SSSR count). The van der Waals surface area contributed by atoms with Gasteiger partial charge in [0, 0.05) is 0 Å². The molecule has 0 unspecified atom stereocenters. The molecule has 0 aromatic heterocycles. The lowest BCUT2D eigenvalue weighted by Gasteiger charge is -1.96. The zero-order chi connectivity index (χ0) is 11.9. The highest BCUT2D eigenvalue weighted by Gasteiger charge is 1.86. The Morgan fingerprint density at radius 3 is 2.06 bits per heavy atom. The van der Waals surface area contributed by atoms with Crippen molar-refractivity contribution >= 4 is 6.29 Å². The van der Waals surface area contributed by atoms with Crippen molar-refractivity contribution < 1.29 is 4.79 Å². The Morgan fingerprint density at radius 2 is 1.38 bits per heavy atom. The highest BCUT2D eigenvalue weighted by atomic mass is 16.1. The molecule has 0 radical (unpaired) electrons. The molecular formula is C15H26O. The average Bonchev–Trinajstić information content (AvgIpc) is 2.31. The van der Waals surface area contributed by atoms with Gasteiger partial charge in [0.2, 0.25) is 0 Å². The van der Waals surface area contributed by atoms with Gasteiger partial charge in [-0.05, 0) is 38.2 Å². The van der Waals surface area contributed by atoms with Crippen LogP contribution in [0.25, 0.3) is 0 Å². The Morgan fingerprint density at radius 1 is 0.750 bits per heavy atom. The van der Waals surface area contributed by atoms with E-state index < -0.39 is 0 Å². The monoisotopic (exact) mass is 222 g/mol. The van der Waals surface area contributed by atoms with E-state index in [-0.39, 0.29) is 0 Å². The Kier molecular flexibility index (Phi) is 13.4. The van der Waals surface area contributed by atoms with Crippen LogP contribution >= 0.6 is 0 Å². The molecule has 16 heavy (non-hydrogen) atoms. The fourth-order valence-corrected chi connectivity index (χ4v) is 1.61. The zero-order valence-corrected chi connectivity index (χ0v) is 10.7. The van der Waals surface area contributed by atoms with Crippen molar-refractivity contribution in [3.63, 3.8) is 0 Å². The van der Waals surface area contributed by atoms with Gasteiger partial charge in [0.15, 0.2) is 0 Å².